The number of rotatable bonds is 4. The molecular weight excluding hydrogens is 284 g/mol. The lowest BCUT2D eigenvalue weighted by Crippen LogP contribution is -2.02. The molecule has 0 atom stereocenters. The predicted molar refractivity (Wildman–Crippen MR) is 87.1 cm³/mol. The fourth-order valence-corrected chi connectivity index (χ4v) is 2.56. The summed E-state index contributed by atoms with van der Waals surface area (Å²) in [5.74, 6) is 0.865. The minimum absolute atomic E-state index is 0.649. The molecule has 2 aromatic carbocycles. The number of anilines is 1. The van der Waals surface area contributed by atoms with Crippen LogP contribution < -0.4 is 10.1 Å². The zero-order valence-electron chi connectivity index (χ0n) is 11.6. The molecule has 0 bridgehead atoms. The van der Waals surface area contributed by atoms with Gasteiger partial charge >= 0.3 is 0 Å². The maximum atomic E-state index is 6.17. The van der Waals surface area contributed by atoms with E-state index in [1.165, 1.54) is 0 Å². The minimum atomic E-state index is 0.649. The second-order valence-corrected chi connectivity index (χ2v) is 5.13. The number of fused-ring (bicyclic) bond motifs is 1. The molecule has 1 N–H and O–H groups in total. The largest absolute Gasteiger partial charge is 0.496 e. The van der Waals surface area contributed by atoms with Gasteiger partial charge in [0.05, 0.1) is 18.3 Å². The van der Waals surface area contributed by atoms with E-state index in [2.05, 4.69) is 10.3 Å². The molecule has 0 aliphatic carbocycles. The number of pyridine rings is 1. The third-order valence-corrected chi connectivity index (χ3v) is 3.55. The summed E-state index contributed by atoms with van der Waals surface area (Å²) in [5.41, 5.74) is 2.92. The lowest BCUT2D eigenvalue weighted by molar-refractivity contribution is 0.410. The van der Waals surface area contributed by atoms with Crippen LogP contribution in [0.15, 0.2) is 54.7 Å². The highest BCUT2D eigenvalue weighted by Gasteiger charge is 2.06. The maximum Gasteiger partial charge on any atom is 0.123 e. The number of ether oxygens (including phenoxy) is 1. The van der Waals surface area contributed by atoms with Gasteiger partial charge in [0, 0.05) is 28.7 Å². The average Bonchev–Trinajstić information content (AvgIpc) is 2.52. The first kappa shape index (κ1) is 13.7. The van der Waals surface area contributed by atoms with Crippen molar-refractivity contribution < 1.29 is 4.74 Å². The Labute approximate surface area is 128 Å². The Hall–Kier alpha value is -2.26. The molecule has 0 amide bonds. The van der Waals surface area contributed by atoms with Crippen molar-refractivity contribution in [1.29, 1.82) is 0 Å². The summed E-state index contributed by atoms with van der Waals surface area (Å²) in [6.45, 7) is 0.649. The van der Waals surface area contributed by atoms with Crippen LogP contribution in [0.25, 0.3) is 10.9 Å². The number of nitrogens with zero attached hydrogens (tertiary/aromatic N) is 1. The normalized spacial score (nSPS) is 10.6. The standard InChI is InChI=1S/C17H15ClN2O/c1-21-16-7-3-2-5-13(16)11-20-15-10-14(18)9-12-6-4-8-19-17(12)15/h2-10,20H,11H2,1H3. The number of hydrogen-bond acceptors (Lipinski definition) is 3. The average molecular weight is 299 g/mol. The third kappa shape index (κ3) is 2.93. The number of benzene rings is 2. The van der Waals surface area contributed by atoms with Crippen LogP contribution in [0.3, 0.4) is 0 Å². The molecule has 0 spiro atoms. The van der Waals surface area contributed by atoms with Crippen LogP contribution in [-0.4, -0.2) is 12.1 Å². The van der Waals surface area contributed by atoms with Gasteiger partial charge in [0.15, 0.2) is 0 Å². The van der Waals surface area contributed by atoms with Crippen LogP contribution in [-0.2, 0) is 6.54 Å². The Morgan fingerprint density at radius 3 is 2.86 bits per heavy atom. The molecule has 1 aromatic heterocycles. The van der Waals surface area contributed by atoms with Gasteiger partial charge in [0.1, 0.15) is 5.75 Å². The van der Waals surface area contributed by atoms with Crippen molar-refractivity contribution >= 4 is 28.2 Å². The summed E-state index contributed by atoms with van der Waals surface area (Å²) >= 11 is 6.17. The van der Waals surface area contributed by atoms with Gasteiger partial charge in [-0.25, -0.2) is 0 Å². The van der Waals surface area contributed by atoms with E-state index in [9.17, 15) is 0 Å². The lowest BCUT2D eigenvalue weighted by atomic mass is 10.1. The van der Waals surface area contributed by atoms with E-state index in [1.54, 1.807) is 13.3 Å². The van der Waals surface area contributed by atoms with Crippen molar-refractivity contribution in [3.63, 3.8) is 0 Å². The quantitative estimate of drug-likeness (QED) is 0.769. The smallest absolute Gasteiger partial charge is 0.123 e. The zero-order chi connectivity index (χ0) is 14.7. The molecule has 3 rings (SSSR count). The van der Waals surface area contributed by atoms with Crippen LogP contribution in [0.2, 0.25) is 5.02 Å². The van der Waals surface area contributed by atoms with Crippen molar-refractivity contribution in [2.24, 2.45) is 0 Å². The number of para-hydroxylation sites is 1. The third-order valence-electron chi connectivity index (χ3n) is 3.33. The highest BCUT2D eigenvalue weighted by Crippen LogP contribution is 2.27. The van der Waals surface area contributed by atoms with Crippen LogP contribution >= 0.6 is 11.6 Å². The maximum absolute atomic E-state index is 6.17. The van der Waals surface area contributed by atoms with E-state index >= 15 is 0 Å². The number of methoxy groups -OCH3 is 1. The second kappa shape index (κ2) is 6.02. The van der Waals surface area contributed by atoms with E-state index < -0.39 is 0 Å². The Bertz CT molecular complexity index is 774. The molecule has 4 heteroatoms. The first-order chi connectivity index (χ1) is 10.3. The van der Waals surface area contributed by atoms with Gasteiger partial charge in [0.2, 0.25) is 0 Å². The van der Waals surface area contributed by atoms with Crippen molar-refractivity contribution in [3.8, 4) is 5.75 Å². The van der Waals surface area contributed by atoms with Crippen LogP contribution in [0.4, 0.5) is 5.69 Å². The number of aromatic nitrogens is 1. The van der Waals surface area contributed by atoms with E-state index in [1.807, 2.05) is 48.5 Å². The lowest BCUT2D eigenvalue weighted by Gasteiger charge is -2.12. The topological polar surface area (TPSA) is 34.1 Å². The van der Waals surface area contributed by atoms with Crippen molar-refractivity contribution in [3.05, 3.63) is 65.3 Å². The Balaban J connectivity index is 1.92. The molecule has 0 aliphatic rings. The van der Waals surface area contributed by atoms with Gasteiger partial charge in [-0.2, -0.15) is 0 Å². The summed E-state index contributed by atoms with van der Waals surface area (Å²) in [7, 11) is 1.68. The van der Waals surface area contributed by atoms with Gasteiger partial charge in [0.25, 0.3) is 0 Å². The summed E-state index contributed by atoms with van der Waals surface area (Å²) in [6.07, 6.45) is 1.78. The highest BCUT2D eigenvalue weighted by molar-refractivity contribution is 6.31. The van der Waals surface area contributed by atoms with Crippen LogP contribution in [0.1, 0.15) is 5.56 Å². The van der Waals surface area contributed by atoms with Gasteiger partial charge in [-0.15, -0.1) is 0 Å². The Morgan fingerprint density at radius 2 is 2.00 bits per heavy atom. The molecule has 3 aromatic rings. The molecule has 21 heavy (non-hydrogen) atoms. The first-order valence-corrected chi connectivity index (χ1v) is 7.06. The van der Waals surface area contributed by atoms with E-state index in [4.69, 9.17) is 16.3 Å². The number of hydrogen-bond donors (Lipinski definition) is 1. The van der Waals surface area contributed by atoms with Crippen LogP contribution in [0, 0.1) is 0 Å². The zero-order valence-corrected chi connectivity index (χ0v) is 12.4. The number of nitrogens with one attached hydrogen (secondary N) is 1. The number of halogens is 1. The van der Waals surface area contributed by atoms with E-state index in [0.29, 0.717) is 11.6 Å². The van der Waals surface area contributed by atoms with E-state index in [0.717, 1.165) is 27.9 Å². The molecule has 0 radical (unpaired) electrons. The molecule has 0 saturated carbocycles. The van der Waals surface area contributed by atoms with Gasteiger partial charge in [-0.1, -0.05) is 35.9 Å². The molecule has 0 saturated heterocycles. The summed E-state index contributed by atoms with van der Waals surface area (Å²) in [4.78, 5) is 4.42. The van der Waals surface area contributed by atoms with Crippen molar-refractivity contribution in [1.82, 2.24) is 4.98 Å². The van der Waals surface area contributed by atoms with E-state index in [-0.39, 0.29) is 0 Å². The van der Waals surface area contributed by atoms with Gasteiger partial charge in [-0.3, -0.25) is 4.98 Å². The van der Waals surface area contributed by atoms with Gasteiger partial charge < -0.3 is 10.1 Å². The monoisotopic (exact) mass is 298 g/mol. The molecule has 1 heterocycles. The van der Waals surface area contributed by atoms with Crippen molar-refractivity contribution in [2.45, 2.75) is 6.54 Å². The molecule has 106 valence electrons. The molecule has 0 unspecified atom stereocenters. The second-order valence-electron chi connectivity index (χ2n) is 4.69. The highest BCUT2D eigenvalue weighted by atomic mass is 35.5. The molecular formula is C17H15ClN2O. The minimum Gasteiger partial charge on any atom is -0.496 e. The molecule has 0 aliphatic heterocycles. The summed E-state index contributed by atoms with van der Waals surface area (Å²) < 4.78 is 5.36. The Kier molecular flexibility index (Phi) is 3.93. The fraction of sp³-hybridized carbons (Fsp3) is 0.118. The Morgan fingerprint density at radius 1 is 1.14 bits per heavy atom. The molecule has 0 fully saturated rings. The van der Waals surface area contributed by atoms with Gasteiger partial charge in [-0.05, 0) is 24.3 Å². The molecule has 3 nitrogen and oxygen atoms in total. The van der Waals surface area contributed by atoms with Crippen LogP contribution in [0.5, 0.6) is 5.75 Å². The summed E-state index contributed by atoms with van der Waals surface area (Å²) in [6, 6.07) is 15.7. The predicted octanol–water partition coefficient (Wildman–Crippen LogP) is 4.51. The summed E-state index contributed by atoms with van der Waals surface area (Å²) in [5, 5.41) is 5.11. The van der Waals surface area contributed by atoms with Crippen molar-refractivity contribution in [2.75, 3.05) is 12.4 Å². The first-order valence-electron chi connectivity index (χ1n) is 6.68. The SMILES string of the molecule is COc1ccccc1CNc1cc(Cl)cc2cccnc12. The fourth-order valence-electron chi connectivity index (χ4n) is 2.33.